The fourth-order valence-corrected chi connectivity index (χ4v) is 5.31. The largest absolute Gasteiger partial charge is 0.497 e. The highest BCUT2D eigenvalue weighted by Gasteiger charge is 2.31. The van der Waals surface area contributed by atoms with E-state index in [-0.39, 0.29) is 12.1 Å². The molecule has 1 N–H and O–H groups in total. The zero-order valence-corrected chi connectivity index (χ0v) is 17.9. The lowest BCUT2D eigenvalue weighted by Crippen LogP contribution is -2.27. The summed E-state index contributed by atoms with van der Waals surface area (Å²) in [5, 5.41) is 2.94. The average molecular weight is 403 g/mol. The van der Waals surface area contributed by atoms with E-state index in [0.717, 1.165) is 11.3 Å². The highest BCUT2D eigenvalue weighted by atomic mass is 31.2. The van der Waals surface area contributed by atoms with Crippen LogP contribution in [-0.4, -0.2) is 26.3 Å². The molecule has 2 aromatic rings. The van der Waals surface area contributed by atoms with Gasteiger partial charge in [0, 0.05) is 31.0 Å². The number of nitrogens with one attached hydrogen (secondary N) is 1. The highest BCUT2D eigenvalue weighted by Crippen LogP contribution is 2.51. The van der Waals surface area contributed by atoms with Gasteiger partial charge in [-0.3, -0.25) is 9.36 Å². The minimum Gasteiger partial charge on any atom is -0.497 e. The summed E-state index contributed by atoms with van der Waals surface area (Å²) < 4.78 is 24.0. The topological polar surface area (TPSA) is 64.6 Å². The summed E-state index contributed by atoms with van der Waals surface area (Å²) in [6.45, 7) is 4.12. The minimum absolute atomic E-state index is 0.135. The molecule has 1 amide bonds. The Bertz CT molecular complexity index is 790. The smallest absolute Gasteiger partial charge is 0.228 e. The third-order valence-electron chi connectivity index (χ3n) is 4.58. The zero-order chi connectivity index (χ0) is 20.6. The summed E-state index contributed by atoms with van der Waals surface area (Å²) in [5.74, 6) is 0.498. The summed E-state index contributed by atoms with van der Waals surface area (Å²) in [6.07, 6.45) is 1.19. The van der Waals surface area contributed by atoms with Crippen molar-refractivity contribution in [3.8, 4) is 5.75 Å². The van der Waals surface area contributed by atoms with Crippen LogP contribution in [0, 0.1) is 11.8 Å². The predicted molar refractivity (Wildman–Crippen MR) is 114 cm³/mol. The molecule has 28 heavy (non-hydrogen) atoms. The molecule has 2 rings (SSSR count). The summed E-state index contributed by atoms with van der Waals surface area (Å²) in [6, 6.07) is 16.8. The number of anilines is 1. The van der Waals surface area contributed by atoms with E-state index in [1.807, 2.05) is 30.3 Å². The summed E-state index contributed by atoms with van der Waals surface area (Å²) >= 11 is 0. The molecule has 0 saturated carbocycles. The van der Waals surface area contributed by atoms with E-state index in [1.165, 1.54) is 7.11 Å². The van der Waals surface area contributed by atoms with Crippen molar-refractivity contribution >= 4 is 19.0 Å². The Balaban J connectivity index is 2.13. The van der Waals surface area contributed by atoms with E-state index in [2.05, 4.69) is 19.2 Å². The van der Waals surface area contributed by atoms with Gasteiger partial charge < -0.3 is 14.6 Å². The molecule has 2 atom stereocenters. The molecule has 5 nitrogen and oxygen atoms in total. The van der Waals surface area contributed by atoms with Crippen LogP contribution in [0.3, 0.4) is 0 Å². The second kappa shape index (κ2) is 10.4. The molecule has 0 aliphatic rings. The van der Waals surface area contributed by atoms with E-state index < -0.39 is 13.3 Å². The van der Waals surface area contributed by atoms with Crippen LogP contribution in [0.4, 0.5) is 5.69 Å². The lowest BCUT2D eigenvalue weighted by molar-refractivity contribution is -0.119. The SMILES string of the molecule is COc1ccc(NC(=O)C(CC(C)C)CP(=O)(Cc2ccccc2)OC)cc1. The van der Waals surface area contributed by atoms with E-state index in [1.54, 1.807) is 31.4 Å². The summed E-state index contributed by atoms with van der Waals surface area (Å²) in [5.41, 5.74) is 1.64. The Kier molecular flexibility index (Phi) is 8.28. The maximum Gasteiger partial charge on any atom is 0.228 e. The van der Waals surface area contributed by atoms with Gasteiger partial charge in [-0.15, -0.1) is 0 Å². The molecule has 2 unspecified atom stereocenters. The van der Waals surface area contributed by atoms with Crippen molar-refractivity contribution in [1.29, 1.82) is 0 Å². The first kappa shape index (κ1) is 22.2. The first-order valence-corrected chi connectivity index (χ1v) is 11.5. The first-order valence-electron chi connectivity index (χ1n) is 9.48. The Morgan fingerprint density at radius 2 is 1.68 bits per heavy atom. The van der Waals surface area contributed by atoms with Crippen molar-refractivity contribution in [2.45, 2.75) is 26.4 Å². The highest BCUT2D eigenvalue weighted by molar-refractivity contribution is 7.58. The van der Waals surface area contributed by atoms with E-state index in [0.29, 0.717) is 24.2 Å². The van der Waals surface area contributed by atoms with Crippen LogP contribution in [0.1, 0.15) is 25.8 Å². The lowest BCUT2D eigenvalue weighted by atomic mass is 9.98. The van der Waals surface area contributed by atoms with Crippen molar-refractivity contribution in [2.75, 3.05) is 25.7 Å². The Morgan fingerprint density at radius 1 is 1.04 bits per heavy atom. The maximum atomic E-state index is 13.4. The van der Waals surface area contributed by atoms with Gasteiger partial charge in [-0.1, -0.05) is 44.2 Å². The summed E-state index contributed by atoms with van der Waals surface area (Å²) in [7, 11) is 0.0816. The molecule has 6 heteroatoms. The van der Waals surface area contributed by atoms with Crippen LogP contribution in [0.5, 0.6) is 5.75 Å². The molecule has 152 valence electrons. The van der Waals surface area contributed by atoms with Crippen LogP contribution >= 0.6 is 7.37 Å². The quantitative estimate of drug-likeness (QED) is 0.538. The standard InChI is InChI=1S/C22H30NO4P/c1-17(2)14-19(22(24)23-20-10-12-21(26-3)13-11-20)16-28(25,27-4)15-18-8-6-5-7-9-18/h5-13,17,19H,14-16H2,1-4H3,(H,23,24). The molecule has 0 spiro atoms. The Labute approximate surface area is 167 Å². The number of hydrogen-bond donors (Lipinski definition) is 1. The fraction of sp³-hybridized carbons (Fsp3) is 0.409. The van der Waals surface area contributed by atoms with Gasteiger partial charge in [0.2, 0.25) is 13.3 Å². The van der Waals surface area contributed by atoms with E-state index in [9.17, 15) is 9.36 Å². The second-order valence-electron chi connectivity index (χ2n) is 7.37. The van der Waals surface area contributed by atoms with Gasteiger partial charge in [0.05, 0.1) is 7.11 Å². The molecule has 0 heterocycles. The number of carbonyl (C=O) groups excluding carboxylic acids is 1. The third-order valence-corrected chi connectivity index (χ3v) is 7.09. The Morgan fingerprint density at radius 3 is 2.21 bits per heavy atom. The zero-order valence-electron chi connectivity index (χ0n) is 17.1. The number of benzene rings is 2. The number of rotatable bonds is 10. The van der Waals surface area contributed by atoms with Crippen LogP contribution in [-0.2, 0) is 20.0 Å². The number of ether oxygens (including phenoxy) is 1. The molecule has 0 aromatic heterocycles. The predicted octanol–water partition coefficient (Wildman–Crippen LogP) is 5.42. The monoisotopic (exact) mass is 403 g/mol. The van der Waals surface area contributed by atoms with Gasteiger partial charge in [-0.05, 0) is 42.2 Å². The normalized spacial score (nSPS) is 14.3. The van der Waals surface area contributed by atoms with Crippen molar-refractivity contribution in [3.05, 3.63) is 60.2 Å². The number of methoxy groups -OCH3 is 1. The first-order chi connectivity index (χ1) is 13.3. The molecular weight excluding hydrogens is 373 g/mol. The molecule has 0 bridgehead atoms. The van der Waals surface area contributed by atoms with Gasteiger partial charge in [-0.2, -0.15) is 0 Å². The van der Waals surface area contributed by atoms with Crippen LogP contribution in [0.2, 0.25) is 0 Å². The van der Waals surface area contributed by atoms with E-state index in [4.69, 9.17) is 9.26 Å². The molecular formula is C22H30NO4P. The summed E-state index contributed by atoms with van der Waals surface area (Å²) in [4.78, 5) is 12.9. The molecule has 0 aliphatic carbocycles. The van der Waals surface area contributed by atoms with Gasteiger partial charge >= 0.3 is 0 Å². The van der Waals surface area contributed by atoms with Crippen molar-refractivity contribution in [2.24, 2.45) is 11.8 Å². The molecule has 2 aromatic carbocycles. The van der Waals surface area contributed by atoms with Crippen LogP contribution in [0.25, 0.3) is 0 Å². The molecule has 0 saturated heterocycles. The van der Waals surface area contributed by atoms with Gasteiger partial charge in [0.15, 0.2) is 0 Å². The van der Waals surface area contributed by atoms with Gasteiger partial charge in [0.1, 0.15) is 5.75 Å². The lowest BCUT2D eigenvalue weighted by Gasteiger charge is -2.24. The van der Waals surface area contributed by atoms with E-state index >= 15 is 0 Å². The maximum absolute atomic E-state index is 13.4. The average Bonchev–Trinajstić information content (AvgIpc) is 2.68. The minimum atomic E-state index is -2.99. The van der Waals surface area contributed by atoms with Gasteiger partial charge in [0.25, 0.3) is 0 Å². The van der Waals surface area contributed by atoms with Crippen molar-refractivity contribution in [3.63, 3.8) is 0 Å². The van der Waals surface area contributed by atoms with Crippen molar-refractivity contribution in [1.82, 2.24) is 0 Å². The number of amides is 1. The second-order valence-corrected chi connectivity index (χ2v) is 10.0. The number of hydrogen-bond acceptors (Lipinski definition) is 4. The van der Waals surface area contributed by atoms with Crippen LogP contribution in [0.15, 0.2) is 54.6 Å². The number of carbonyl (C=O) groups is 1. The Hall–Kier alpha value is -2.10. The molecule has 0 radical (unpaired) electrons. The molecule has 0 fully saturated rings. The fourth-order valence-electron chi connectivity index (χ4n) is 3.15. The van der Waals surface area contributed by atoms with Gasteiger partial charge in [-0.25, -0.2) is 0 Å². The van der Waals surface area contributed by atoms with Crippen molar-refractivity contribution < 1.29 is 18.6 Å². The van der Waals surface area contributed by atoms with Crippen LogP contribution < -0.4 is 10.1 Å². The molecule has 0 aliphatic heterocycles. The third kappa shape index (κ3) is 6.81.